The lowest BCUT2D eigenvalue weighted by Gasteiger charge is -2.26. The van der Waals surface area contributed by atoms with Crippen molar-refractivity contribution in [3.05, 3.63) is 78.0 Å². The molecule has 0 radical (unpaired) electrons. The molecule has 1 unspecified atom stereocenters. The number of halogens is 3. The minimum atomic E-state index is -5.16. The molecular weight excluding hydrogens is 463 g/mol. The van der Waals surface area contributed by atoms with Gasteiger partial charge in [0.25, 0.3) is 0 Å². The topological polar surface area (TPSA) is 72.9 Å². The maximum Gasteiger partial charge on any atom is 0.493 e. The molecule has 184 valence electrons. The first-order valence-corrected chi connectivity index (χ1v) is 11.0. The van der Waals surface area contributed by atoms with Crippen LogP contribution >= 0.6 is 0 Å². The second-order valence-electron chi connectivity index (χ2n) is 8.11. The number of pyridine rings is 1. The summed E-state index contributed by atoms with van der Waals surface area (Å²) < 4.78 is 50.7. The Labute approximate surface area is 200 Å². The number of fused-ring (bicyclic) bond motifs is 1. The second kappa shape index (κ2) is 10.1. The van der Waals surface area contributed by atoms with Crippen molar-refractivity contribution >= 4 is 17.5 Å². The predicted octanol–water partition coefficient (Wildman–Crippen LogP) is 5.44. The average Bonchev–Trinajstić information content (AvgIpc) is 3.17. The second-order valence-corrected chi connectivity index (χ2v) is 8.11. The highest BCUT2D eigenvalue weighted by atomic mass is 19.4. The normalized spacial score (nSPS) is 14.9. The van der Waals surface area contributed by atoms with Crippen LogP contribution in [0.15, 0.2) is 66.9 Å². The van der Waals surface area contributed by atoms with E-state index in [1.54, 1.807) is 18.2 Å². The van der Waals surface area contributed by atoms with Crippen LogP contribution in [0.25, 0.3) is 0 Å². The SMILES string of the molecule is CC(C)Oc1cc(OCCc2ccccc2)cc(C2Nc3ncccc3N2OC(=O)C(F)(F)F)c1. The molecule has 0 saturated heterocycles. The molecule has 0 spiro atoms. The minimum Gasteiger partial charge on any atom is -0.493 e. The van der Waals surface area contributed by atoms with Crippen LogP contribution in [-0.2, 0) is 16.1 Å². The van der Waals surface area contributed by atoms with Crippen molar-refractivity contribution in [2.75, 3.05) is 17.0 Å². The summed E-state index contributed by atoms with van der Waals surface area (Å²) in [6.07, 6.45) is -4.16. The van der Waals surface area contributed by atoms with Gasteiger partial charge in [-0.25, -0.2) is 9.78 Å². The molecule has 1 atom stereocenters. The Morgan fingerprint density at radius 1 is 1.09 bits per heavy atom. The van der Waals surface area contributed by atoms with Gasteiger partial charge < -0.3 is 19.6 Å². The Balaban J connectivity index is 1.62. The number of alkyl halides is 3. The fraction of sp³-hybridized carbons (Fsp3) is 0.280. The van der Waals surface area contributed by atoms with E-state index in [0.717, 1.165) is 10.6 Å². The quantitative estimate of drug-likeness (QED) is 0.454. The Morgan fingerprint density at radius 3 is 2.54 bits per heavy atom. The molecule has 1 N–H and O–H groups in total. The molecule has 3 aromatic rings. The summed E-state index contributed by atoms with van der Waals surface area (Å²) in [6.45, 7) is 4.09. The first-order valence-electron chi connectivity index (χ1n) is 11.0. The van der Waals surface area contributed by atoms with Gasteiger partial charge in [0.2, 0.25) is 0 Å². The number of ether oxygens (including phenoxy) is 2. The highest BCUT2D eigenvalue weighted by Crippen LogP contribution is 2.42. The molecule has 2 aromatic carbocycles. The number of nitrogens with one attached hydrogen (secondary N) is 1. The molecule has 1 aromatic heterocycles. The van der Waals surface area contributed by atoms with Crippen molar-refractivity contribution < 1.29 is 32.3 Å². The van der Waals surface area contributed by atoms with E-state index in [0.29, 0.717) is 30.1 Å². The van der Waals surface area contributed by atoms with Gasteiger partial charge in [-0.1, -0.05) is 30.3 Å². The molecule has 0 amide bonds. The van der Waals surface area contributed by atoms with Crippen molar-refractivity contribution in [3.63, 3.8) is 0 Å². The van der Waals surface area contributed by atoms with Crippen molar-refractivity contribution in [2.24, 2.45) is 0 Å². The van der Waals surface area contributed by atoms with Gasteiger partial charge in [0.05, 0.1) is 12.7 Å². The van der Waals surface area contributed by atoms with Crippen LogP contribution in [0.2, 0.25) is 0 Å². The van der Waals surface area contributed by atoms with E-state index in [-0.39, 0.29) is 17.6 Å². The minimum absolute atomic E-state index is 0.156. The van der Waals surface area contributed by atoms with Gasteiger partial charge in [-0.05, 0) is 43.7 Å². The Morgan fingerprint density at radius 2 is 1.83 bits per heavy atom. The number of hydroxylamine groups is 1. The molecule has 0 bridgehead atoms. The van der Waals surface area contributed by atoms with Gasteiger partial charge in [0.15, 0.2) is 12.0 Å². The Hall–Kier alpha value is -3.95. The van der Waals surface area contributed by atoms with Crippen LogP contribution in [0.4, 0.5) is 24.7 Å². The molecule has 35 heavy (non-hydrogen) atoms. The van der Waals surface area contributed by atoms with Crippen molar-refractivity contribution in [3.8, 4) is 11.5 Å². The number of hydrogen-bond donors (Lipinski definition) is 1. The number of hydrogen-bond acceptors (Lipinski definition) is 7. The standard InChI is InChI=1S/C25H24F3N3O4/c1-16(2)34-20-14-18(13-19(15-20)33-12-10-17-7-4-3-5-8-17)23-30-22-21(9-6-11-29-22)31(23)35-24(32)25(26,27)28/h3-9,11,13-16,23H,10,12H2,1-2H3,(H,29,30). The summed E-state index contributed by atoms with van der Waals surface area (Å²) in [7, 11) is 0. The number of benzene rings is 2. The molecule has 2 heterocycles. The first kappa shape index (κ1) is 24.2. The lowest BCUT2D eigenvalue weighted by Crippen LogP contribution is -2.36. The molecule has 7 nitrogen and oxygen atoms in total. The van der Waals surface area contributed by atoms with Crippen LogP contribution in [0.3, 0.4) is 0 Å². The van der Waals surface area contributed by atoms with E-state index in [1.807, 2.05) is 44.2 Å². The van der Waals surface area contributed by atoms with E-state index >= 15 is 0 Å². The zero-order chi connectivity index (χ0) is 25.0. The van der Waals surface area contributed by atoms with Gasteiger partial charge in [-0.3, -0.25) is 0 Å². The van der Waals surface area contributed by atoms with E-state index in [9.17, 15) is 18.0 Å². The maximum absolute atomic E-state index is 13.0. The van der Waals surface area contributed by atoms with Crippen LogP contribution in [0.1, 0.15) is 31.1 Å². The number of carbonyl (C=O) groups is 1. The zero-order valence-electron chi connectivity index (χ0n) is 19.1. The third kappa shape index (κ3) is 5.95. The number of aromatic nitrogens is 1. The monoisotopic (exact) mass is 487 g/mol. The van der Waals surface area contributed by atoms with E-state index in [4.69, 9.17) is 14.3 Å². The maximum atomic E-state index is 13.0. The van der Waals surface area contributed by atoms with Gasteiger partial charge in [-0.15, -0.1) is 0 Å². The van der Waals surface area contributed by atoms with Crippen LogP contribution in [0, 0.1) is 0 Å². The average molecular weight is 487 g/mol. The van der Waals surface area contributed by atoms with Crippen LogP contribution in [0.5, 0.6) is 11.5 Å². The smallest absolute Gasteiger partial charge is 0.493 e. The van der Waals surface area contributed by atoms with E-state index in [2.05, 4.69) is 10.3 Å². The molecule has 0 fully saturated rings. The number of nitrogens with zero attached hydrogens (tertiary/aromatic N) is 2. The van der Waals surface area contributed by atoms with E-state index in [1.165, 1.54) is 18.3 Å². The highest BCUT2D eigenvalue weighted by molar-refractivity contribution is 5.80. The van der Waals surface area contributed by atoms with Crippen LogP contribution in [-0.4, -0.2) is 29.8 Å². The van der Waals surface area contributed by atoms with Crippen molar-refractivity contribution in [2.45, 2.75) is 38.7 Å². The predicted molar refractivity (Wildman–Crippen MR) is 123 cm³/mol. The molecule has 0 saturated carbocycles. The summed E-state index contributed by atoms with van der Waals surface area (Å²) in [5.74, 6) is -1.15. The largest absolute Gasteiger partial charge is 0.493 e. The fourth-order valence-electron chi connectivity index (χ4n) is 3.58. The molecule has 10 heteroatoms. The summed E-state index contributed by atoms with van der Waals surface area (Å²) in [6, 6.07) is 17.9. The van der Waals surface area contributed by atoms with Gasteiger partial charge in [-0.2, -0.15) is 18.2 Å². The molecule has 1 aliphatic heterocycles. The van der Waals surface area contributed by atoms with Crippen molar-refractivity contribution in [1.29, 1.82) is 0 Å². The first-order chi connectivity index (χ1) is 16.7. The zero-order valence-corrected chi connectivity index (χ0v) is 19.1. The Kier molecular flexibility index (Phi) is 6.99. The summed E-state index contributed by atoms with van der Waals surface area (Å²) in [5.41, 5.74) is 1.76. The summed E-state index contributed by atoms with van der Waals surface area (Å²) in [4.78, 5) is 20.6. The highest BCUT2D eigenvalue weighted by Gasteiger charge is 2.45. The van der Waals surface area contributed by atoms with E-state index < -0.39 is 18.3 Å². The lowest BCUT2D eigenvalue weighted by atomic mass is 10.1. The summed E-state index contributed by atoms with van der Waals surface area (Å²) in [5, 5.41) is 3.87. The molecule has 0 aliphatic carbocycles. The van der Waals surface area contributed by atoms with Crippen molar-refractivity contribution in [1.82, 2.24) is 4.98 Å². The van der Waals surface area contributed by atoms with Gasteiger partial charge >= 0.3 is 12.1 Å². The lowest BCUT2D eigenvalue weighted by molar-refractivity contribution is -0.201. The number of anilines is 2. The Bertz CT molecular complexity index is 1170. The fourth-order valence-corrected chi connectivity index (χ4v) is 3.58. The molecular formula is C25H24F3N3O4. The summed E-state index contributed by atoms with van der Waals surface area (Å²) >= 11 is 0. The van der Waals surface area contributed by atoms with Crippen LogP contribution < -0.4 is 19.9 Å². The van der Waals surface area contributed by atoms with Gasteiger partial charge in [0, 0.05) is 24.2 Å². The third-order valence-corrected chi connectivity index (χ3v) is 5.04. The molecule has 4 rings (SSSR count). The number of rotatable bonds is 8. The third-order valence-electron chi connectivity index (χ3n) is 5.04. The molecule has 1 aliphatic rings. The number of carbonyl (C=O) groups excluding carboxylic acids is 1. The van der Waals surface area contributed by atoms with Gasteiger partial charge in [0.1, 0.15) is 17.2 Å².